The summed E-state index contributed by atoms with van der Waals surface area (Å²) in [6, 6.07) is 6.50. The van der Waals surface area contributed by atoms with Crippen molar-refractivity contribution in [3.8, 4) is 6.19 Å². The van der Waals surface area contributed by atoms with E-state index in [1.807, 2.05) is 0 Å². The van der Waals surface area contributed by atoms with Gasteiger partial charge in [-0.25, -0.2) is 13.4 Å². The second-order valence-electron chi connectivity index (χ2n) is 4.34. The largest absolute Gasteiger partial charge is 0.379 e. The fraction of sp³-hybridized carbons (Fsp3) is 0.385. The molecule has 1 aliphatic heterocycles. The average molecular weight is 340 g/mol. The summed E-state index contributed by atoms with van der Waals surface area (Å²) in [6.07, 6.45) is 3.53. The zero-order chi connectivity index (χ0) is 16.0. The third-order valence-corrected chi connectivity index (χ3v) is 5.56. The lowest BCUT2D eigenvalue weighted by atomic mass is 10.3. The number of morpholine rings is 1. The van der Waals surface area contributed by atoms with Gasteiger partial charge in [-0.1, -0.05) is 23.9 Å². The molecule has 1 saturated heterocycles. The van der Waals surface area contributed by atoms with Crippen LogP contribution in [0.3, 0.4) is 0 Å². The minimum Gasteiger partial charge on any atom is -0.379 e. The Bertz CT molecular complexity index is 691. The first kappa shape index (κ1) is 16.8. The lowest BCUT2D eigenvalue weighted by molar-refractivity contribution is 0.0730. The molecule has 2 rings (SSSR count). The van der Waals surface area contributed by atoms with Crippen LogP contribution in [0.2, 0.25) is 0 Å². The lowest BCUT2D eigenvalue weighted by Gasteiger charge is -2.26. The van der Waals surface area contributed by atoms with Crippen molar-refractivity contribution in [3.05, 3.63) is 24.3 Å². The molecule has 0 spiro atoms. The van der Waals surface area contributed by atoms with Crippen molar-refractivity contribution in [2.45, 2.75) is 4.90 Å². The topological polar surface area (TPSA) is 94.8 Å². The minimum atomic E-state index is -3.64. The minimum absolute atomic E-state index is 0.128. The Morgan fingerprint density at radius 2 is 2.09 bits per heavy atom. The van der Waals surface area contributed by atoms with Gasteiger partial charge in [-0.15, -0.1) is 0 Å². The predicted octanol–water partition coefficient (Wildman–Crippen LogP) is 1.13. The van der Waals surface area contributed by atoms with E-state index in [2.05, 4.69) is 10.3 Å². The molecule has 0 atom stereocenters. The summed E-state index contributed by atoms with van der Waals surface area (Å²) in [7, 11) is -3.64. The third kappa shape index (κ3) is 3.78. The molecule has 1 aromatic carbocycles. The number of nitrogens with zero attached hydrogens (tertiary/aromatic N) is 3. The van der Waals surface area contributed by atoms with Gasteiger partial charge in [0, 0.05) is 13.1 Å². The molecule has 9 heteroatoms. The zero-order valence-electron chi connectivity index (χ0n) is 12.0. The maximum absolute atomic E-state index is 12.7. The van der Waals surface area contributed by atoms with Gasteiger partial charge in [0.15, 0.2) is 11.4 Å². The Labute approximate surface area is 134 Å². The van der Waals surface area contributed by atoms with Crippen molar-refractivity contribution in [1.29, 1.82) is 5.26 Å². The van der Waals surface area contributed by atoms with E-state index in [0.29, 0.717) is 37.2 Å². The molecule has 0 amide bonds. The molecule has 118 valence electrons. The van der Waals surface area contributed by atoms with Gasteiger partial charge < -0.3 is 4.74 Å². The second kappa shape index (κ2) is 7.60. The van der Waals surface area contributed by atoms with Gasteiger partial charge in [-0.3, -0.25) is 5.32 Å². The normalized spacial score (nSPS) is 17.0. The van der Waals surface area contributed by atoms with Crippen LogP contribution in [0, 0.1) is 11.5 Å². The molecule has 0 unspecified atom stereocenters. The van der Waals surface area contributed by atoms with E-state index in [1.54, 1.807) is 30.6 Å². The highest BCUT2D eigenvalue weighted by Gasteiger charge is 2.28. The fourth-order valence-corrected chi connectivity index (χ4v) is 3.85. The summed E-state index contributed by atoms with van der Waals surface area (Å²) in [5.74, 6) is 0. The van der Waals surface area contributed by atoms with Gasteiger partial charge in [0.1, 0.15) is 4.90 Å². The summed E-state index contributed by atoms with van der Waals surface area (Å²) in [4.78, 5) is 4.36. The maximum Gasteiger partial charge on any atom is 0.245 e. The van der Waals surface area contributed by atoms with Crippen molar-refractivity contribution in [2.24, 2.45) is 4.99 Å². The first-order valence-electron chi connectivity index (χ1n) is 6.54. The van der Waals surface area contributed by atoms with E-state index < -0.39 is 10.0 Å². The molecule has 1 aliphatic rings. The van der Waals surface area contributed by atoms with Gasteiger partial charge in [0.25, 0.3) is 0 Å². The van der Waals surface area contributed by atoms with Crippen molar-refractivity contribution in [2.75, 3.05) is 32.6 Å². The SMILES string of the molecule is CSC(=Nc1ccccc1S(=O)(=O)N1CCOCC1)NC#N. The van der Waals surface area contributed by atoms with E-state index >= 15 is 0 Å². The summed E-state index contributed by atoms with van der Waals surface area (Å²) in [6.45, 7) is 1.42. The highest BCUT2D eigenvalue weighted by molar-refractivity contribution is 8.13. The third-order valence-electron chi connectivity index (χ3n) is 3.03. The van der Waals surface area contributed by atoms with Crippen molar-refractivity contribution in [1.82, 2.24) is 9.62 Å². The van der Waals surface area contributed by atoms with Gasteiger partial charge in [0.2, 0.25) is 10.0 Å². The predicted molar refractivity (Wildman–Crippen MR) is 85.4 cm³/mol. The molecule has 1 N–H and O–H groups in total. The van der Waals surface area contributed by atoms with Crippen LogP contribution in [0.1, 0.15) is 0 Å². The zero-order valence-corrected chi connectivity index (χ0v) is 13.7. The van der Waals surface area contributed by atoms with Crippen LogP contribution in [-0.2, 0) is 14.8 Å². The average Bonchev–Trinajstić information content (AvgIpc) is 2.55. The van der Waals surface area contributed by atoms with E-state index in [9.17, 15) is 8.42 Å². The van der Waals surface area contributed by atoms with Crippen LogP contribution in [0.4, 0.5) is 5.69 Å². The van der Waals surface area contributed by atoms with Crippen molar-refractivity contribution < 1.29 is 13.2 Å². The molecule has 1 aromatic rings. The number of aliphatic imine (C=N–C) groups is 1. The van der Waals surface area contributed by atoms with Crippen LogP contribution >= 0.6 is 11.8 Å². The highest BCUT2D eigenvalue weighted by Crippen LogP contribution is 2.28. The Morgan fingerprint density at radius 3 is 2.73 bits per heavy atom. The van der Waals surface area contributed by atoms with Crippen LogP contribution in [0.15, 0.2) is 34.2 Å². The first-order chi connectivity index (χ1) is 10.6. The van der Waals surface area contributed by atoms with Crippen LogP contribution in [0.25, 0.3) is 0 Å². The fourth-order valence-electron chi connectivity index (χ4n) is 1.98. The Hall–Kier alpha value is -1.60. The number of nitrogens with one attached hydrogen (secondary N) is 1. The standard InChI is InChI=1S/C13H16N4O3S2/c1-21-13(15-10-14)16-11-4-2-3-5-12(11)22(18,19)17-6-8-20-9-7-17/h2-5H,6-9H2,1H3,(H,15,16). The number of ether oxygens (including phenoxy) is 1. The van der Waals surface area contributed by atoms with Gasteiger partial charge in [-0.2, -0.15) is 9.57 Å². The number of benzene rings is 1. The molecule has 7 nitrogen and oxygen atoms in total. The molecule has 0 aromatic heterocycles. The van der Waals surface area contributed by atoms with Gasteiger partial charge in [0.05, 0.1) is 18.9 Å². The van der Waals surface area contributed by atoms with Crippen molar-refractivity contribution >= 4 is 32.6 Å². The van der Waals surface area contributed by atoms with E-state index in [-0.39, 0.29) is 4.90 Å². The van der Waals surface area contributed by atoms with Crippen LogP contribution in [-0.4, -0.2) is 50.4 Å². The van der Waals surface area contributed by atoms with E-state index in [4.69, 9.17) is 10.00 Å². The molecule has 22 heavy (non-hydrogen) atoms. The van der Waals surface area contributed by atoms with Gasteiger partial charge in [-0.05, 0) is 18.4 Å². The lowest BCUT2D eigenvalue weighted by Crippen LogP contribution is -2.40. The van der Waals surface area contributed by atoms with Crippen LogP contribution < -0.4 is 5.32 Å². The second-order valence-corrected chi connectivity index (χ2v) is 7.04. The molecule has 0 aliphatic carbocycles. The van der Waals surface area contributed by atoms with Gasteiger partial charge >= 0.3 is 0 Å². The summed E-state index contributed by atoms with van der Waals surface area (Å²) in [5.41, 5.74) is 0.307. The molecule has 0 radical (unpaired) electrons. The summed E-state index contributed by atoms with van der Waals surface area (Å²) >= 11 is 1.23. The summed E-state index contributed by atoms with van der Waals surface area (Å²) < 4.78 is 32.1. The number of para-hydroxylation sites is 1. The molecule has 0 bridgehead atoms. The van der Waals surface area contributed by atoms with E-state index in [1.165, 1.54) is 22.1 Å². The number of hydrogen-bond acceptors (Lipinski definition) is 6. The number of hydrogen-bond donors (Lipinski definition) is 1. The number of amidine groups is 1. The first-order valence-corrected chi connectivity index (χ1v) is 9.21. The summed E-state index contributed by atoms with van der Waals surface area (Å²) in [5, 5.41) is 11.5. The Balaban J connectivity index is 2.41. The molecule has 1 heterocycles. The molecule has 1 fully saturated rings. The van der Waals surface area contributed by atoms with Crippen LogP contribution in [0.5, 0.6) is 0 Å². The number of rotatable bonds is 3. The number of sulfonamides is 1. The maximum atomic E-state index is 12.7. The Morgan fingerprint density at radius 1 is 1.41 bits per heavy atom. The Kier molecular flexibility index (Phi) is 5.79. The highest BCUT2D eigenvalue weighted by atomic mass is 32.2. The van der Waals surface area contributed by atoms with E-state index in [0.717, 1.165) is 0 Å². The monoisotopic (exact) mass is 340 g/mol. The molecular formula is C13H16N4O3S2. The quantitative estimate of drug-likeness (QED) is 0.384. The molecule has 0 saturated carbocycles. The number of nitriles is 1. The smallest absolute Gasteiger partial charge is 0.245 e. The van der Waals surface area contributed by atoms with Crippen molar-refractivity contribution in [3.63, 3.8) is 0 Å². The molecular weight excluding hydrogens is 324 g/mol. The number of thioether (sulfide) groups is 1.